The molecule has 3 atom stereocenters. The van der Waals surface area contributed by atoms with Crippen LogP contribution in [0.15, 0.2) is 18.2 Å². The van der Waals surface area contributed by atoms with E-state index >= 15 is 0 Å². The zero-order chi connectivity index (χ0) is 12.4. The first-order chi connectivity index (χ1) is 8.11. The van der Waals surface area contributed by atoms with Crippen LogP contribution in [0.4, 0.5) is 4.39 Å². The van der Waals surface area contributed by atoms with Crippen LogP contribution >= 0.6 is 27.5 Å². The number of hydrogen-bond acceptors (Lipinski definition) is 1. The van der Waals surface area contributed by atoms with Crippen LogP contribution < -0.4 is 0 Å². The largest absolute Gasteiger partial charge is 0.373 e. The Morgan fingerprint density at radius 2 is 2.29 bits per heavy atom. The second-order valence-corrected chi connectivity index (χ2v) is 6.00. The van der Waals surface area contributed by atoms with E-state index in [0.717, 1.165) is 25.0 Å². The maximum atomic E-state index is 13.4. The molecule has 0 amide bonds. The van der Waals surface area contributed by atoms with E-state index < -0.39 is 0 Å². The van der Waals surface area contributed by atoms with Crippen molar-refractivity contribution < 1.29 is 9.13 Å². The first-order valence-electron chi connectivity index (χ1n) is 5.82. The van der Waals surface area contributed by atoms with E-state index in [2.05, 4.69) is 22.9 Å². The first-order valence-corrected chi connectivity index (χ1v) is 7.11. The molecule has 1 heterocycles. The van der Waals surface area contributed by atoms with Crippen molar-refractivity contribution in [3.8, 4) is 0 Å². The van der Waals surface area contributed by atoms with Crippen molar-refractivity contribution in [3.63, 3.8) is 0 Å². The normalized spacial score (nSPS) is 29.3. The monoisotopic (exact) mass is 320 g/mol. The summed E-state index contributed by atoms with van der Waals surface area (Å²) in [5.41, 5.74) is 0.867. The van der Waals surface area contributed by atoms with Gasteiger partial charge in [0.05, 0.1) is 17.7 Å². The first kappa shape index (κ1) is 13.3. The van der Waals surface area contributed by atoms with Crippen LogP contribution in [-0.2, 0) is 4.74 Å². The molecule has 1 aliphatic heterocycles. The van der Waals surface area contributed by atoms with Crippen LogP contribution in [0, 0.1) is 11.7 Å². The molecule has 0 aliphatic carbocycles. The SMILES string of the molecule is CCC1COC(c2ccc(Cl)c(F)c2)CC1Br. The molecule has 1 aromatic rings. The maximum Gasteiger partial charge on any atom is 0.142 e. The molecule has 2 rings (SSSR count). The van der Waals surface area contributed by atoms with Gasteiger partial charge in [0, 0.05) is 4.83 Å². The van der Waals surface area contributed by atoms with E-state index in [0.29, 0.717) is 10.7 Å². The molecule has 17 heavy (non-hydrogen) atoms. The Kier molecular flexibility index (Phi) is 4.45. The zero-order valence-corrected chi connectivity index (χ0v) is 12.0. The van der Waals surface area contributed by atoms with Crippen LogP contribution in [0.25, 0.3) is 0 Å². The molecule has 0 aromatic heterocycles. The number of benzene rings is 1. The van der Waals surface area contributed by atoms with Gasteiger partial charge in [0.25, 0.3) is 0 Å². The molecule has 94 valence electrons. The van der Waals surface area contributed by atoms with Crippen molar-refractivity contribution >= 4 is 27.5 Å². The van der Waals surface area contributed by atoms with Gasteiger partial charge in [-0.1, -0.05) is 46.9 Å². The lowest BCUT2D eigenvalue weighted by Crippen LogP contribution is -2.29. The lowest BCUT2D eigenvalue weighted by molar-refractivity contribution is -0.0133. The molecule has 1 nitrogen and oxygen atoms in total. The third-order valence-electron chi connectivity index (χ3n) is 3.30. The Bertz CT molecular complexity index is 399. The summed E-state index contributed by atoms with van der Waals surface area (Å²) in [6, 6.07) is 4.89. The smallest absolute Gasteiger partial charge is 0.142 e. The minimum atomic E-state index is -0.378. The minimum absolute atomic E-state index is 0.0334. The lowest BCUT2D eigenvalue weighted by atomic mass is 9.93. The second kappa shape index (κ2) is 5.68. The zero-order valence-electron chi connectivity index (χ0n) is 9.63. The van der Waals surface area contributed by atoms with Gasteiger partial charge >= 0.3 is 0 Å². The molecule has 1 aliphatic rings. The van der Waals surface area contributed by atoms with Gasteiger partial charge in [-0.3, -0.25) is 0 Å². The number of ether oxygens (including phenoxy) is 1. The third kappa shape index (κ3) is 3.01. The molecule has 0 spiro atoms. The highest BCUT2D eigenvalue weighted by Crippen LogP contribution is 2.36. The van der Waals surface area contributed by atoms with Gasteiger partial charge in [-0.2, -0.15) is 0 Å². The van der Waals surface area contributed by atoms with Gasteiger partial charge in [0.2, 0.25) is 0 Å². The van der Waals surface area contributed by atoms with Crippen LogP contribution in [0.5, 0.6) is 0 Å². The van der Waals surface area contributed by atoms with Crippen molar-refractivity contribution in [2.75, 3.05) is 6.61 Å². The minimum Gasteiger partial charge on any atom is -0.373 e. The quantitative estimate of drug-likeness (QED) is 0.716. The Morgan fingerprint density at radius 3 is 2.88 bits per heavy atom. The maximum absolute atomic E-state index is 13.4. The molecule has 1 aromatic carbocycles. The summed E-state index contributed by atoms with van der Waals surface area (Å²) in [6.45, 7) is 2.88. The van der Waals surface area contributed by atoms with Crippen LogP contribution in [0.1, 0.15) is 31.4 Å². The summed E-state index contributed by atoms with van der Waals surface area (Å²) in [4.78, 5) is 0.435. The molecule has 4 heteroatoms. The Hall–Kier alpha value is -0.120. The number of alkyl halides is 1. The predicted octanol–water partition coefficient (Wildman–Crippen LogP) is 4.73. The lowest BCUT2D eigenvalue weighted by Gasteiger charge is -2.33. The summed E-state index contributed by atoms with van der Waals surface area (Å²) >= 11 is 9.35. The fourth-order valence-corrected chi connectivity index (χ4v) is 3.11. The summed E-state index contributed by atoms with van der Waals surface area (Å²) in [6.07, 6.45) is 1.94. The molecular formula is C13H15BrClFO. The fourth-order valence-electron chi connectivity index (χ4n) is 2.13. The fraction of sp³-hybridized carbons (Fsp3) is 0.538. The highest BCUT2D eigenvalue weighted by molar-refractivity contribution is 9.09. The summed E-state index contributed by atoms with van der Waals surface area (Å²) in [7, 11) is 0. The average Bonchev–Trinajstić information content (AvgIpc) is 2.32. The van der Waals surface area contributed by atoms with Gasteiger partial charge in [0.15, 0.2) is 0 Å². The topological polar surface area (TPSA) is 9.23 Å². The van der Waals surface area contributed by atoms with Gasteiger partial charge in [-0.05, 0) is 30.0 Å². The molecule has 0 radical (unpaired) electrons. The molecule has 0 saturated carbocycles. The Morgan fingerprint density at radius 1 is 1.53 bits per heavy atom. The van der Waals surface area contributed by atoms with Crippen LogP contribution in [-0.4, -0.2) is 11.4 Å². The van der Waals surface area contributed by atoms with E-state index in [1.807, 2.05) is 6.07 Å². The Balaban J connectivity index is 2.11. The Labute approximate surface area is 114 Å². The molecule has 3 unspecified atom stereocenters. The molecule has 1 saturated heterocycles. The summed E-state index contributed by atoms with van der Waals surface area (Å²) < 4.78 is 19.2. The van der Waals surface area contributed by atoms with Gasteiger partial charge in [-0.25, -0.2) is 4.39 Å². The van der Waals surface area contributed by atoms with Crippen molar-refractivity contribution in [1.29, 1.82) is 0 Å². The van der Waals surface area contributed by atoms with Gasteiger partial charge in [0.1, 0.15) is 5.82 Å². The highest BCUT2D eigenvalue weighted by Gasteiger charge is 2.29. The second-order valence-electron chi connectivity index (χ2n) is 4.42. The predicted molar refractivity (Wildman–Crippen MR) is 71.2 cm³/mol. The summed E-state index contributed by atoms with van der Waals surface area (Å²) in [5, 5.41) is 0.159. The highest BCUT2D eigenvalue weighted by atomic mass is 79.9. The van der Waals surface area contributed by atoms with E-state index in [1.165, 1.54) is 6.07 Å². The van der Waals surface area contributed by atoms with E-state index in [1.54, 1.807) is 6.07 Å². The van der Waals surface area contributed by atoms with Crippen molar-refractivity contribution in [3.05, 3.63) is 34.6 Å². The number of rotatable bonds is 2. The van der Waals surface area contributed by atoms with E-state index in [-0.39, 0.29) is 16.9 Å². The molecule has 0 N–H and O–H groups in total. The van der Waals surface area contributed by atoms with Gasteiger partial charge in [-0.15, -0.1) is 0 Å². The average molecular weight is 322 g/mol. The third-order valence-corrected chi connectivity index (χ3v) is 4.73. The summed E-state index contributed by atoms with van der Waals surface area (Å²) in [5.74, 6) is 0.167. The van der Waals surface area contributed by atoms with E-state index in [9.17, 15) is 4.39 Å². The molecule has 1 fully saturated rings. The number of halogens is 3. The molecule has 0 bridgehead atoms. The van der Waals surface area contributed by atoms with Crippen molar-refractivity contribution in [2.24, 2.45) is 5.92 Å². The van der Waals surface area contributed by atoms with Crippen molar-refractivity contribution in [2.45, 2.75) is 30.7 Å². The number of hydrogen-bond donors (Lipinski definition) is 0. The van der Waals surface area contributed by atoms with Crippen molar-refractivity contribution in [1.82, 2.24) is 0 Å². The standard InChI is InChI=1S/C13H15BrClFO/c1-2-8-7-17-13(6-10(8)14)9-3-4-11(15)12(16)5-9/h3-5,8,10,13H,2,6-7H2,1H3. The van der Waals surface area contributed by atoms with Crippen LogP contribution in [0.3, 0.4) is 0 Å². The van der Waals surface area contributed by atoms with E-state index in [4.69, 9.17) is 16.3 Å². The van der Waals surface area contributed by atoms with Crippen LogP contribution in [0.2, 0.25) is 5.02 Å². The molecular weight excluding hydrogens is 306 g/mol. The van der Waals surface area contributed by atoms with Gasteiger partial charge < -0.3 is 4.74 Å².